The van der Waals surface area contributed by atoms with E-state index < -0.39 is 11.4 Å². The molecule has 0 radical (unpaired) electrons. The molecule has 1 N–H and O–H groups in total. The molecule has 0 amide bonds. The van der Waals surface area contributed by atoms with Gasteiger partial charge in [0.05, 0.1) is 23.6 Å². The van der Waals surface area contributed by atoms with Crippen LogP contribution in [0.5, 0.6) is 0 Å². The van der Waals surface area contributed by atoms with Gasteiger partial charge in [-0.15, -0.1) is 11.8 Å². The van der Waals surface area contributed by atoms with Gasteiger partial charge in [0.1, 0.15) is 6.10 Å². The Kier molecular flexibility index (Phi) is 6.17. The summed E-state index contributed by atoms with van der Waals surface area (Å²) in [5, 5.41) is 10.0. The molecule has 2 aliphatic heterocycles. The van der Waals surface area contributed by atoms with Gasteiger partial charge >= 0.3 is 5.97 Å². The molecule has 188 valence electrons. The third-order valence-electron chi connectivity index (χ3n) is 10.1. The van der Waals surface area contributed by atoms with E-state index in [1.54, 1.807) is 0 Å². The van der Waals surface area contributed by atoms with E-state index in [1.165, 1.54) is 19.8 Å². The van der Waals surface area contributed by atoms with Gasteiger partial charge in [-0.05, 0) is 94.8 Å². The second-order valence-corrected chi connectivity index (χ2v) is 14.1. The Balaban J connectivity index is 1.49. The number of carbonyl (C=O) groups is 1. The zero-order valence-corrected chi connectivity index (χ0v) is 21.7. The molecule has 2 unspecified atom stereocenters. The first-order valence-electron chi connectivity index (χ1n) is 13.0. The van der Waals surface area contributed by atoms with Gasteiger partial charge in [0.15, 0.2) is 5.79 Å². The molecule has 5 aliphatic rings. The molecule has 3 aliphatic carbocycles. The van der Waals surface area contributed by atoms with Gasteiger partial charge < -0.3 is 14.2 Å². The summed E-state index contributed by atoms with van der Waals surface area (Å²) in [5.41, 5.74) is -0.399. The average Bonchev–Trinajstić information content (AvgIpc) is 3.33. The van der Waals surface area contributed by atoms with Crippen LogP contribution in [0.4, 0.5) is 0 Å². The van der Waals surface area contributed by atoms with Crippen molar-refractivity contribution >= 4 is 17.7 Å². The number of carbonyl (C=O) groups excluding carboxylic acids is 1. The van der Waals surface area contributed by atoms with Crippen molar-refractivity contribution in [2.24, 2.45) is 29.1 Å². The molecule has 6 nitrogen and oxygen atoms in total. The molecule has 33 heavy (non-hydrogen) atoms. The predicted molar refractivity (Wildman–Crippen MR) is 127 cm³/mol. The molecule has 2 saturated heterocycles. The second-order valence-electron chi connectivity index (χ2n) is 12.4. The van der Waals surface area contributed by atoms with Gasteiger partial charge in [0.2, 0.25) is 0 Å². The number of rotatable bonds is 4. The van der Waals surface area contributed by atoms with E-state index in [0.29, 0.717) is 42.1 Å². The minimum absolute atomic E-state index is 0.0596. The van der Waals surface area contributed by atoms with Crippen LogP contribution in [0.3, 0.4) is 0 Å². The van der Waals surface area contributed by atoms with Gasteiger partial charge in [-0.3, -0.25) is 10.1 Å². The lowest BCUT2D eigenvalue weighted by Crippen LogP contribution is -2.63. The summed E-state index contributed by atoms with van der Waals surface area (Å²) < 4.78 is 18.3. The molecule has 7 heteroatoms. The summed E-state index contributed by atoms with van der Waals surface area (Å²) >= 11 is 2.07. The van der Waals surface area contributed by atoms with E-state index in [0.717, 1.165) is 38.5 Å². The second kappa shape index (κ2) is 8.36. The van der Waals surface area contributed by atoms with Crippen molar-refractivity contribution in [1.29, 1.82) is 0 Å². The predicted octanol–water partition coefficient (Wildman–Crippen LogP) is 5.44. The van der Waals surface area contributed by atoms with Crippen LogP contribution in [0.15, 0.2) is 0 Å². The van der Waals surface area contributed by atoms with E-state index in [1.807, 2.05) is 13.8 Å². The molecule has 0 aromatic rings. The van der Waals surface area contributed by atoms with E-state index in [2.05, 4.69) is 25.6 Å². The highest BCUT2D eigenvalue weighted by molar-refractivity contribution is 8.01. The van der Waals surface area contributed by atoms with Crippen LogP contribution in [-0.4, -0.2) is 51.9 Å². The van der Waals surface area contributed by atoms with Crippen LogP contribution >= 0.6 is 11.8 Å². The Morgan fingerprint density at radius 1 is 1.12 bits per heavy atom. The van der Waals surface area contributed by atoms with E-state index >= 15 is 0 Å². The van der Waals surface area contributed by atoms with Gasteiger partial charge in [-0.2, -0.15) is 0 Å². The molecule has 0 aromatic carbocycles. The van der Waals surface area contributed by atoms with Crippen LogP contribution in [0.1, 0.15) is 86.0 Å². The summed E-state index contributed by atoms with van der Waals surface area (Å²) in [4.78, 5) is 16.6. The molecule has 5 fully saturated rings. The molecule has 8 atom stereocenters. The van der Waals surface area contributed by atoms with E-state index in [-0.39, 0.29) is 22.2 Å². The topological polar surface area (TPSA) is 74.2 Å². The number of hydrogen-bond acceptors (Lipinski definition) is 7. The van der Waals surface area contributed by atoms with Crippen molar-refractivity contribution in [3.63, 3.8) is 0 Å². The Bertz CT molecular complexity index is 766. The lowest BCUT2D eigenvalue weighted by atomic mass is 9.48. The van der Waals surface area contributed by atoms with Crippen LogP contribution in [0.25, 0.3) is 0 Å². The van der Waals surface area contributed by atoms with Crippen molar-refractivity contribution < 1.29 is 29.1 Å². The zero-order chi connectivity index (χ0) is 23.6. The van der Waals surface area contributed by atoms with Crippen LogP contribution in [0.2, 0.25) is 0 Å². The maximum absolute atomic E-state index is 11.6. The maximum atomic E-state index is 11.6. The summed E-state index contributed by atoms with van der Waals surface area (Å²) in [5.74, 6) is 1.67. The maximum Gasteiger partial charge on any atom is 0.302 e. The largest absolute Gasteiger partial charge is 0.463 e. The summed E-state index contributed by atoms with van der Waals surface area (Å²) in [6.07, 6.45) is 8.43. The first kappa shape index (κ1) is 24.4. The van der Waals surface area contributed by atoms with Crippen molar-refractivity contribution in [3.05, 3.63) is 0 Å². The van der Waals surface area contributed by atoms with Crippen LogP contribution in [0, 0.1) is 29.1 Å². The summed E-state index contributed by atoms with van der Waals surface area (Å²) in [6.45, 7) is 11.8. The Hall–Kier alpha value is -0.340. The average molecular weight is 483 g/mol. The van der Waals surface area contributed by atoms with Crippen molar-refractivity contribution in [2.45, 2.75) is 113 Å². The highest BCUT2D eigenvalue weighted by Crippen LogP contribution is 2.71. The first-order valence-corrected chi connectivity index (χ1v) is 13.9. The number of esters is 1. The van der Waals surface area contributed by atoms with Crippen molar-refractivity contribution in [2.75, 3.05) is 13.2 Å². The molecular weight excluding hydrogens is 440 g/mol. The fourth-order valence-corrected chi connectivity index (χ4v) is 11.4. The van der Waals surface area contributed by atoms with Gasteiger partial charge in [0, 0.05) is 18.6 Å². The quantitative estimate of drug-likeness (QED) is 0.325. The third-order valence-corrected chi connectivity index (χ3v) is 12.0. The van der Waals surface area contributed by atoms with Gasteiger partial charge in [-0.1, -0.05) is 6.92 Å². The first-order chi connectivity index (χ1) is 15.5. The molecule has 1 spiro atoms. The van der Waals surface area contributed by atoms with Crippen molar-refractivity contribution in [3.8, 4) is 0 Å². The number of thioether (sulfide) groups is 1. The number of ether oxygens (including phenoxy) is 3. The minimum Gasteiger partial charge on any atom is -0.463 e. The van der Waals surface area contributed by atoms with Crippen LogP contribution < -0.4 is 0 Å². The Labute approximate surface area is 202 Å². The highest BCUT2D eigenvalue weighted by atomic mass is 32.2. The van der Waals surface area contributed by atoms with Gasteiger partial charge in [-0.25, -0.2) is 4.89 Å². The van der Waals surface area contributed by atoms with Gasteiger partial charge in [0.25, 0.3) is 0 Å². The van der Waals surface area contributed by atoms with Crippen LogP contribution in [-0.2, 0) is 23.9 Å². The Morgan fingerprint density at radius 2 is 1.85 bits per heavy atom. The standard InChI is InChI=1S/C26H42O6S/c1-16(27)31-18-8-10-24(4)17(14-18)6-7-19-20-9-11-26(29-12-13-30-26)25(20,5)33-21(22(19)24)15-23(2,3)32-28/h17-22,28H,6-15H2,1-5H3/t17-,18-,19+,20+,21?,22?,24+,25+/m1/s1. The normalized spacial score (nSPS) is 46.5. The van der Waals surface area contributed by atoms with E-state index in [9.17, 15) is 10.1 Å². The summed E-state index contributed by atoms with van der Waals surface area (Å²) in [6, 6.07) is 0. The molecule has 2 heterocycles. The molecule has 0 bridgehead atoms. The lowest BCUT2D eigenvalue weighted by Gasteiger charge is -2.64. The Morgan fingerprint density at radius 3 is 2.52 bits per heavy atom. The van der Waals surface area contributed by atoms with E-state index in [4.69, 9.17) is 19.1 Å². The molecule has 5 rings (SSSR count). The summed E-state index contributed by atoms with van der Waals surface area (Å²) in [7, 11) is 0. The number of hydrogen-bond donors (Lipinski definition) is 1. The lowest BCUT2D eigenvalue weighted by molar-refractivity contribution is -0.315. The zero-order valence-electron chi connectivity index (χ0n) is 20.9. The fourth-order valence-electron chi connectivity index (χ4n) is 8.74. The monoisotopic (exact) mass is 482 g/mol. The third kappa shape index (κ3) is 3.80. The molecule has 0 aromatic heterocycles. The number of fused-ring (bicyclic) bond motifs is 6. The minimum atomic E-state index is -0.604. The molecule has 3 saturated carbocycles. The van der Waals surface area contributed by atoms with Crippen molar-refractivity contribution in [1.82, 2.24) is 0 Å². The highest BCUT2D eigenvalue weighted by Gasteiger charge is 2.70. The fraction of sp³-hybridized carbons (Fsp3) is 0.962. The SMILES string of the molecule is CC(=O)O[C@@H]1CC[C@]2(C)C3C(CC(C)(C)OO)S[C@@]4(C)[C@@H](CCC45OCCO5)[C@@H]3CC[C@@H]2C1. The smallest absolute Gasteiger partial charge is 0.302 e. The molecular formula is C26H42O6S.